The second-order valence-corrected chi connectivity index (χ2v) is 7.85. The van der Waals surface area contributed by atoms with Crippen molar-refractivity contribution in [3.05, 3.63) is 64.8 Å². The third-order valence-electron chi connectivity index (χ3n) is 5.28. The quantitative estimate of drug-likeness (QED) is 0.510. The van der Waals surface area contributed by atoms with Crippen molar-refractivity contribution in [1.29, 1.82) is 0 Å². The predicted octanol–water partition coefficient (Wildman–Crippen LogP) is 4.97. The molecular formula is C21H18ClF4N5O. The summed E-state index contributed by atoms with van der Waals surface area (Å²) in [6.45, 7) is 1.90. The molecular weight excluding hydrogens is 450 g/mol. The maximum Gasteiger partial charge on any atom is 0.416 e. The number of aryl methyl sites for hydroxylation is 2. The minimum absolute atomic E-state index is 0.0339. The molecule has 11 heteroatoms. The van der Waals surface area contributed by atoms with Crippen LogP contribution in [0.15, 0.2) is 42.7 Å². The summed E-state index contributed by atoms with van der Waals surface area (Å²) in [7, 11) is 1.50. The van der Waals surface area contributed by atoms with Gasteiger partial charge in [0.05, 0.1) is 10.6 Å². The molecule has 1 aliphatic heterocycles. The smallest absolute Gasteiger partial charge is 0.317 e. The van der Waals surface area contributed by atoms with Gasteiger partial charge in [-0.3, -0.25) is 9.69 Å². The minimum atomic E-state index is -4.57. The maximum absolute atomic E-state index is 13.5. The van der Waals surface area contributed by atoms with E-state index in [0.29, 0.717) is 24.6 Å². The number of carbonyl (C=O) groups is 1. The van der Waals surface area contributed by atoms with Crippen LogP contribution in [0.1, 0.15) is 17.7 Å². The number of rotatable bonds is 3. The second kappa shape index (κ2) is 8.09. The van der Waals surface area contributed by atoms with Crippen molar-refractivity contribution in [3.8, 4) is 0 Å². The molecule has 0 spiro atoms. The van der Waals surface area contributed by atoms with Crippen LogP contribution in [-0.2, 0) is 17.5 Å². The molecule has 1 aliphatic rings. The third kappa shape index (κ3) is 4.02. The van der Waals surface area contributed by atoms with Crippen molar-refractivity contribution in [1.82, 2.24) is 14.5 Å². The maximum atomic E-state index is 13.5. The Morgan fingerprint density at radius 2 is 2.00 bits per heavy atom. The van der Waals surface area contributed by atoms with E-state index in [1.54, 1.807) is 10.8 Å². The summed E-state index contributed by atoms with van der Waals surface area (Å²) in [5, 5.41) is -0.145. The van der Waals surface area contributed by atoms with Crippen molar-refractivity contribution < 1.29 is 22.4 Å². The van der Waals surface area contributed by atoms with Gasteiger partial charge in [0.1, 0.15) is 17.7 Å². The summed E-state index contributed by atoms with van der Waals surface area (Å²) < 4.78 is 55.6. The van der Waals surface area contributed by atoms with Crippen LogP contribution < -0.4 is 9.80 Å². The summed E-state index contributed by atoms with van der Waals surface area (Å²) in [6.07, 6.45) is -1.07. The van der Waals surface area contributed by atoms with Gasteiger partial charge in [0.15, 0.2) is 0 Å². The van der Waals surface area contributed by atoms with Crippen LogP contribution in [0.2, 0.25) is 5.02 Å². The van der Waals surface area contributed by atoms with Crippen LogP contribution in [0, 0.1) is 12.7 Å². The number of amides is 1. The number of alkyl halides is 3. The number of fused-ring (bicyclic) bond motifs is 1. The lowest BCUT2D eigenvalue weighted by Crippen LogP contribution is -2.49. The van der Waals surface area contributed by atoms with Gasteiger partial charge in [-0.2, -0.15) is 13.2 Å². The van der Waals surface area contributed by atoms with Crippen LogP contribution in [0.3, 0.4) is 0 Å². The number of hydrogen-bond donors (Lipinski definition) is 0. The van der Waals surface area contributed by atoms with E-state index in [9.17, 15) is 22.4 Å². The first kappa shape index (κ1) is 22.1. The zero-order valence-corrected chi connectivity index (χ0v) is 17.8. The third-order valence-corrected chi connectivity index (χ3v) is 5.57. The first-order valence-electron chi connectivity index (χ1n) is 9.65. The highest BCUT2D eigenvalue weighted by molar-refractivity contribution is 6.31. The molecule has 1 aromatic carbocycles. The fourth-order valence-corrected chi connectivity index (χ4v) is 3.88. The Kier molecular flexibility index (Phi) is 5.58. The van der Waals surface area contributed by atoms with Gasteiger partial charge in [0.2, 0.25) is 11.9 Å². The lowest BCUT2D eigenvalue weighted by molar-refractivity contribution is -0.137. The van der Waals surface area contributed by atoms with Gasteiger partial charge in [0, 0.05) is 37.4 Å². The monoisotopic (exact) mass is 467 g/mol. The number of anilines is 3. The van der Waals surface area contributed by atoms with Crippen LogP contribution in [0.4, 0.5) is 35.0 Å². The molecule has 0 fully saturated rings. The Labute approximate surface area is 186 Å². The number of likely N-dealkylation sites (N-methyl/N-ethyl adjacent to an activating group) is 1. The molecule has 0 saturated carbocycles. The molecule has 0 N–H and O–H groups in total. The average Bonchev–Trinajstić information content (AvgIpc) is 3.21. The van der Waals surface area contributed by atoms with E-state index in [2.05, 4.69) is 9.97 Å². The molecule has 1 amide bonds. The van der Waals surface area contributed by atoms with Gasteiger partial charge in [-0.15, -0.1) is 0 Å². The topological polar surface area (TPSA) is 54.3 Å². The molecule has 168 valence electrons. The summed E-state index contributed by atoms with van der Waals surface area (Å²) in [5.41, 5.74) is -0.361. The molecule has 1 unspecified atom stereocenters. The lowest BCUT2D eigenvalue weighted by Gasteiger charge is -2.37. The molecule has 1 atom stereocenters. The van der Waals surface area contributed by atoms with Crippen molar-refractivity contribution in [2.24, 2.45) is 0 Å². The molecule has 2 aromatic heterocycles. The Morgan fingerprint density at radius 3 is 2.69 bits per heavy atom. The zero-order chi connectivity index (χ0) is 23.2. The molecule has 0 saturated heterocycles. The number of benzene rings is 1. The standard InChI is InChI=1S/C21H18ClF4N5O/c1-12-9-13(21(24,25)26)10-18(28-12)31-17(5-7-30-8-6-27-20(30)31)19(32)29(2)14-3-4-16(23)15(22)11-14/h3-4,6,8-11,17H,5,7H2,1-2H3. The van der Waals surface area contributed by atoms with Gasteiger partial charge < -0.3 is 9.47 Å². The van der Waals surface area contributed by atoms with Crippen molar-refractivity contribution in [2.45, 2.75) is 32.1 Å². The van der Waals surface area contributed by atoms with Gasteiger partial charge in [0.25, 0.3) is 0 Å². The fraction of sp³-hybridized carbons (Fsp3) is 0.286. The molecule has 0 radical (unpaired) electrons. The minimum Gasteiger partial charge on any atom is -0.317 e. The summed E-state index contributed by atoms with van der Waals surface area (Å²) in [6, 6.07) is 4.84. The Balaban J connectivity index is 1.77. The van der Waals surface area contributed by atoms with Gasteiger partial charge >= 0.3 is 6.18 Å². The van der Waals surface area contributed by atoms with Crippen LogP contribution in [0.25, 0.3) is 0 Å². The fourth-order valence-electron chi connectivity index (χ4n) is 3.70. The van der Waals surface area contributed by atoms with Crippen LogP contribution >= 0.6 is 11.6 Å². The van der Waals surface area contributed by atoms with Crippen molar-refractivity contribution >= 4 is 35.0 Å². The largest absolute Gasteiger partial charge is 0.416 e. The number of carbonyl (C=O) groups excluding carboxylic acids is 1. The SMILES string of the molecule is Cc1cc(C(F)(F)F)cc(N2c3nccn3CCC2C(=O)N(C)c2ccc(F)c(Cl)c2)n1. The second-order valence-electron chi connectivity index (χ2n) is 7.44. The highest BCUT2D eigenvalue weighted by atomic mass is 35.5. The number of halogens is 5. The average molecular weight is 468 g/mol. The van der Waals surface area contributed by atoms with E-state index in [1.807, 2.05) is 0 Å². The Bertz CT molecular complexity index is 1180. The highest BCUT2D eigenvalue weighted by Crippen LogP contribution is 2.37. The molecule has 3 aromatic rings. The molecule has 3 heterocycles. The van der Waals surface area contributed by atoms with E-state index >= 15 is 0 Å². The first-order chi connectivity index (χ1) is 15.1. The first-order valence-corrected chi connectivity index (χ1v) is 10.0. The number of aromatic nitrogens is 3. The lowest BCUT2D eigenvalue weighted by atomic mass is 10.1. The molecule has 0 bridgehead atoms. The highest BCUT2D eigenvalue weighted by Gasteiger charge is 2.38. The summed E-state index contributed by atoms with van der Waals surface area (Å²) in [4.78, 5) is 24.7. The number of nitrogens with zero attached hydrogens (tertiary/aromatic N) is 5. The Morgan fingerprint density at radius 1 is 1.25 bits per heavy atom. The van der Waals surface area contributed by atoms with E-state index in [1.165, 1.54) is 42.1 Å². The molecule has 4 rings (SSSR count). The van der Waals surface area contributed by atoms with E-state index in [4.69, 9.17) is 11.6 Å². The molecule has 6 nitrogen and oxygen atoms in total. The van der Waals surface area contributed by atoms with Crippen LogP contribution in [0.5, 0.6) is 0 Å². The van der Waals surface area contributed by atoms with Gasteiger partial charge in [-0.1, -0.05) is 11.6 Å². The van der Waals surface area contributed by atoms with E-state index in [0.717, 1.165) is 18.2 Å². The normalized spacial score (nSPS) is 16.1. The van der Waals surface area contributed by atoms with E-state index in [-0.39, 0.29) is 16.5 Å². The zero-order valence-electron chi connectivity index (χ0n) is 17.1. The summed E-state index contributed by atoms with van der Waals surface area (Å²) in [5.74, 6) is -0.764. The van der Waals surface area contributed by atoms with Gasteiger partial charge in [-0.25, -0.2) is 14.4 Å². The number of hydrogen-bond acceptors (Lipinski definition) is 4. The molecule has 0 aliphatic carbocycles. The number of imidazole rings is 1. The number of pyridine rings is 1. The van der Waals surface area contributed by atoms with Crippen LogP contribution in [-0.4, -0.2) is 33.5 Å². The van der Waals surface area contributed by atoms with Crippen molar-refractivity contribution in [2.75, 3.05) is 16.8 Å². The van der Waals surface area contributed by atoms with Crippen molar-refractivity contribution in [3.63, 3.8) is 0 Å². The Hall–Kier alpha value is -3.14. The molecule has 32 heavy (non-hydrogen) atoms. The summed E-state index contributed by atoms with van der Waals surface area (Å²) >= 11 is 5.85. The predicted molar refractivity (Wildman–Crippen MR) is 112 cm³/mol. The van der Waals surface area contributed by atoms with Gasteiger partial charge in [-0.05, 0) is 43.7 Å². The van der Waals surface area contributed by atoms with E-state index < -0.39 is 29.5 Å².